The monoisotopic (exact) mass is 417 g/mol. The molecule has 0 spiro atoms. The van der Waals surface area contributed by atoms with Crippen molar-refractivity contribution in [2.24, 2.45) is 0 Å². The predicted octanol–water partition coefficient (Wildman–Crippen LogP) is 4.89. The highest BCUT2D eigenvalue weighted by Crippen LogP contribution is 2.28. The van der Waals surface area contributed by atoms with Crippen molar-refractivity contribution in [1.29, 1.82) is 0 Å². The Labute approximate surface area is 180 Å². The maximum atomic E-state index is 11.7. The molecule has 1 heterocycles. The van der Waals surface area contributed by atoms with Gasteiger partial charge in [-0.15, -0.1) is 10.2 Å². The number of hydrogen-bond acceptors (Lipinski definition) is 5. The fraction of sp³-hybridized carbons (Fsp3) is 0.208. The molecule has 0 saturated carbocycles. The molecular formula is C24H23N3O2S. The van der Waals surface area contributed by atoms with Crippen LogP contribution in [0.15, 0.2) is 65.8 Å². The van der Waals surface area contributed by atoms with Crippen LogP contribution in [0.4, 0.5) is 0 Å². The van der Waals surface area contributed by atoms with Crippen molar-refractivity contribution < 1.29 is 9.53 Å². The summed E-state index contributed by atoms with van der Waals surface area (Å²) >= 11 is 1.34. The molecule has 0 aliphatic heterocycles. The lowest BCUT2D eigenvalue weighted by Crippen LogP contribution is -2.08. The van der Waals surface area contributed by atoms with Crippen LogP contribution in [0.25, 0.3) is 16.5 Å². The van der Waals surface area contributed by atoms with Crippen molar-refractivity contribution in [3.63, 3.8) is 0 Å². The van der Waals surface area contributed by atoms with Crippen LogP contribution in [-0.2, 0) is 16.0 Å². The Morgan fingerprint density at radius 3 is 2.63 bits per heavy atom. The molecule has 0 amide bonds. The first kappa shape index (κ1) is 20.2. The number of thioether (sulfide) groups is 1. The van der Waals surface area contributed by atoms with Gasteiger partial charge in [-0.25, -0.2) is 0 Å². The van der Waals surface area contributed by atoms with E-state index < -0.39 is 0 Å². The van der Waals surface area contributed by atoms with Crippen molar-refractivity contribution >= 4 is 28.5 Å². The first-order valence-corrected chi connectivity index (χ1v) is 10.7. The quantitative estimate of drug-likeness (QED) is 0.330. The SMILES string of the molecule is COC(=O)CSc1nnc(Cc2cccc3ccccc23)n1-c1ccc(C)cc1C. The first-order valence-electron chi connectivity index (χ1n) is 9.75. The van der Waals surface area contributed by atoms with Crippen LogP contribution in [0.5, 0.6) is 0 Å². The van der Waals surface area contributed by atoms with E-state index in [1.807, 2.05) is 6.07 Å². The van der Waals surface area contributed by atoms with E-state index in [2.05, 4.69) is 83.2 Å². The molecule has 5 nitrogen and oxygen atoms in total. The summed E-state index contributed by atoms with van der Waals surface area (Å²) in [7, 11) is 1.39. The van der Waals surface area contributed by atoms with E-state index in [1.54, 1.807) is 0 Å². The highest BCUT2D eigenvalue weighted by molar-refractivity contribution is 7.99. The summed E-state index contributed by atoms with van der Waals surface area (Å²) in [6.07, 6.45) is 0.639. The maximum absolute atomic E-state index is 11.7. The summed E-state index contributed by atoms with van der Waals surface area (Å²) in [6.45, 7) is 4.16. The predicted molar refractivity (Wildman–Crippen MR) is 120 cm³/mol. The van der Waals surface area contributed by atoms with Gasteiger partial charge in [0, 0.05) is 6.42 Å². The molecule has 0 radical (unpaired) electrons. The molecule has 0 aliphatic carbocycles. The Morgan fingerprint density at radius 2 is 1.83 bits per heavy atom. The molecule has 30 heavy (non-hydrogen) atoms. The van der Waals surface area contributed by atoms with E-state index in [4.69, 9.17) is 4.74 Å². The van der Waals surface area contributed by atoms with Gasteiger partial charge < -0.3 is 4.74 Å². The minimum absolute atomic E-state index is 0.188. The number of aryl methyl sites for hydroxylation is 2. The fourth-order valence-corrected chi connectivity index (χ4v) is 4.40. The van der Waals surface area contributed by atoms with E-state index in [0.717, 1.165) is 17.1 Å². The smallest absolute Gasteiger partial charge is 0.316 e. The van der Waals surface area contributed by atoms with Gasteiger partial charge >= 0.3 is 5.97 Å². The summed E-state index contributed by atoms with van der Waals surface area (Å²) in [5.74, 6) is 0.741. The first-order chi connectivity index (χ1) is 14.6. The largest absolute Gasteiger partial charge is 0.468 e. The Hall–Kier alpha value is -3.12. The number of benzene rings is 3. The molecule has 0 unspecified atom stereocenters. The van der Waals surface area contributed by atoms with Crippen LogP contribution in [0.3, 0.4) is 0 Å². The molecule has 6 heteroatoms. The molecule has 3 aromatic carbocycles. The Kier molecular flexibility index (Phi) is 5.86. The number of rotatable bonds is 6. The number of fused-ring (bicyclic) bond motifs is 1. The van der Waals surface area contributed by atoms with Gasteiger partial charge in [-0.1, -0.05) is 71.9 Å². The maximum Gasteiger partial charge on any atom is 0.316 e. The summed E-state index contributed by atoms with van der Waals surface area (Å²) < 4.78 is 6.85. The molecule has 0 fully saturated rings. The van der Waals surface area contributed by atoms with Gasteiger partial charge in [0.05, 0.1) is 18.6 Å². The summed E-state index contributed by atoms with van der Waals surface area (Å²) in [5.41, 5.74) is 4.54. The molecule has 0 saturated heterocycles. The molecule has 1 aromatic heterocycles. The number of hydrogen-bond donors (Lipinski definition) is 0. The number of esters is 1. The summed E-state index contributed by atoms with van der Waals surface area (Å²) in [5, 5.41) is 12.0. The average Bonchev–Trinajstić information content (AvgIpc) is 3.14. The van der Waals surface area contributed by atoms with E-state index in [-0.39, 0.29) is 11.7 Å². The lowest BCUT2D eigenvalue weighted by atomic mass is 10.0. The third-order valence-corrected chi connectivity index (χ3v) is 5.97. The minimum atomic E-state index is -0.286. The Bertz CT molecular complexity index is 1210. The second-order valence-electron chi connectivity index (χ2n) is 7.20. The van der Waals surface area contributed by atoms with Gasteiger partial charge in [-0.2, -0.15) is 0 Å². The van der Waals surface area contributed by atoms with E-state index >= 15 is 0 Å². The molecule has 0 N–H and O–H groups in total. The Morgan fingerprint density at radius 1 is 1.03 bits per heavy atom. The average molecular weight is 418 g/mol. The van der Waals surface area contributed by atoms with E-state index in [9.17, 15) is 4.79 Å². The molecule has 0 aliphatic rings. The van der Waals surface area contributed by atoms with E-state index in [0.29, 0.717) is 11.6 Å². The highest BCUT2D eigenvalue weighted by atomic mass is 32.2. The van der Waals surface area contributed by atoms with Gasteiger partial charge in [0.2, 0.25) is 0 Å². The number of aromatic nitrogens is 3. The zero-order valence-corrected chi connectivity index (χ0v) is 18.1. The number of methoxy groups -OCH3 is 1. The minimum Gasteiger partial charge on any atom is -0.468 e. The molecule has 0 bridgehead atoms. The van der Waals surface area contributed by atoms with Crippen molar-refractivity contribution in [2.75, 3.05) is 12.9 Å². The van der Waals surface area contributed by atoms with Crippen molar-refractivity contribution in [3.8, 4) is 5.69 Å². The fourth-order valence-electron chi connectivity index (χ4n) is 3.61. The number of nitrogens with zero attached hydrogens (tertiary/aromatic N) is 3. The van der Waals surface area contributed by atoms with Crippen LogP contribution in [0.1, 0.15) is 22.5 Å². The van der Waals surface area contributed by atoms with Crippen molar-refractivity contribution in [3.05, 3.63) is 83.2 Å². The lowest BCUT2D eigenvalue weighted by molar-refractivity contribution is -0.137. The standard InChI is InChI=1S/C24H23N3O2S/c1-16-11-12-21(17(2)13-16)27-22(25-26-24(27)30-15-23(28)29-3)14-19-9-6-8-18-7-4-5-10-20(18)19/h4-13H,14-15H2,1-3H3. The zero-order chi connectivity index (χ0) is 21.1. The van der Waals surface area contributed by atoms with Crippen LogP contribution in [0, 0.1) is 13.8 Å². The van der Waals surface area contributed by atoms with Crippen LogP contribution < -0.4 is 0 Å². The van der Waals surface area contributed by atoms with Crippen LogP contribution in [-0.4, -0.2) is 33.6 Å². The van der Waals surface area contributed by atoms with Gasteiger partial charge in [0.1, 0.15) is 5.82 Å². The highest BCUT2D eigenvalue weighted by Gasteiger charge is 2.18. The number of carbonyl (C=O) groups is 1. The van der Waals surface area contributed by atoms with Gasteiger partial charge in [0.15, 0.2) is 5.16 Å². The van der Waals surface area contributed by atoms with Crippen molar-refractivity contribution in [1.82, 2.24) is 14.8 Å². The zero-order valence-electron chi connectivity index (χ0n) is 17.3. The number of ether oxygens (including phenoxy) is 1. The molecule has 0 atom stereocenters. The Balaban J connectivity index is 1.79. The molecule has 4 aromatic rings. The van der Waals surface area contributed by atoms with Crippen molar-refractivity contribution in [2.45, 2.75) is 25.4 Å². The van der Waals surface area contributed by atoms with Gasteiger partial charge in [-0.05, 0) is 41.8 Å². The number of carbonyl (C=O) groups excluding carboxylic acids is 1. The second kappa shape index (κ2) is 8.71. The van der Waals surface area contributed by atoms with Gasteiger partial charge in [0.25, 0.3) is 0 Å². The summed E-state index contributed by atoms with van der Waals surface area (Å²) in [4.78, 5) is 11.7. The topological polar surface area (TPSA) is 57.0 Å². The molecule has 152 valence electrons. The third-order valence-electron chi connectivity index (χ3n) is 5.07. The lowest BCUT2D eigenvalue weighted by Gasteiger charge is -2.14. The van der Waals surface area contributed by atoms with Crippen LogP contribution in [0.2, 0.25) is 0 Å². The third kappa shape index (κ3) is 4.09. The molecular weight excluding hydrogens is 394 g/mol. The van der Waals surface area contributed by atoms with Crippen LogP contribution >= 0.6 is 11.8 Å². The van der Waals surface area contributed by atoms with E-state index in [1.165, 1.54) is 40.8 Å². The van der Waals surface area contributed by atoms with Gasteiger partial charge in [-0.3, -0.25) is 9.36 Å². The summed E-state index contributed by atoms with van der Waals surface area (Å²) in [6, 6.07) is 21.0. The second-order valence-corrected chi connectivity index (χ2v) is 8.15. The molecule has 4 rings (SSSR count). The normalized spacial score (nSPS) is 11.0.